The maximum Gasteiger partial charge on any atom is 0.162 e. The summed E-state index contributed by atoms with van der Waals surface area (Å²) in [5, 5.41) is 3.29. The summed E-state index contributed by atoms with van der Waals surface area (Å²) >= 11 is 0. The summed E-state index contributed by atoms with van der Waals surface area (Å²) in [6.07, 6.45) is 3.19. The summed E-state index contributed by atoms with van der Waals surface area (Å²) in [6, 6.07) is 8.49. The van der Waals surface area contributed by atoms with Crippen LogP contribution in [0.5, 0.6) is 0 Å². The first-order valence-corrected chi connectivity index (χ1v) is 9.06. The number of anilines is 1. The van der Waals surface area contributed by atoms with Crippen molar-refractivity contribution in [2.45, 2.75) is 20.8 Å². The van der Waals surface area contributed by atoms with Crippen molar-refractivity contribution in [3.8, 4) is 11.4 Å². The van der Waals surface area contributed by atoms with Crippen LogP contribution >= 0.6 is 0 Å². The molecule has 2 aromatic heterocycles. The molecule has 1 N–H and O–H groups in total. The predicted octanol–water partition coefficient (Wildman–Crippen LogP) is 4.05. The van der Waals surface area contributed by atoms with Crippen LogP contribution in [0.4, 0.5) is 10.2 Å². The van der Waals surface area contributed by atoms with Crippen LogP contribution in [0.1, 0.15) is 24.0 Å². The van der Waals surface area contributed by atoms with Gasteiger partial charge in [0.2, 0.25) is 0 Å². The van der Waals surface area contributed by atoms with Gasteiger partial charge in [0.25, 0.3) is 0 Å². The highest BCUT2D eigenvalue weighted by atomic mass is 19.1. The maximum absolute atomic E-state index is 14.6. The Morgan fingerprint density at radius 3 is 2.57 bits per heavy atom. The molecule has 3 rings (SSSR count). The van der Waals surface area contributed by atoms with Gasteiger partial charge in [0.05, 0.1) is 12.2 Å². The van der Waals surface area contributed by atoms with Crippen LogP contribution in [-0.4, -0.2) is 38.0 Å². The van der Waals surface area contributed by atoms with Crippen LogP contribution in [0.25, 0.3) is 17.1 Å². The molecular weight excluding hydrogens is 355 g/mol. The number of hydrogen-bond acceptors (Lipinski definition) is 6. The van der Waals surface area contributed by atoms with E-state index in [4.69, 9.17) is 0 Å². The molecule has 0 aliphatic heterocycles. The van der Waals surface area contributed by atoms with Crippen molar-refractivity contribution in [2.24, 2.45) is 0 Å². The van der Waals surface area contributed by atoms with Gasteiger partial charge in [-0.05, 0) is 32.9 Å². The van der Waals surface area contributed by atoms with E-state index in [1.165, 1.54) is 6.07 Å². The molecule has 0 aliphatic rings. The second-order valence-corrected chi connectivity index (χ2v) is 6.31. The predicted molar refractivity (Wildman–Crippen MR) is 109 cm³/mol. The van der Waals surface area contributed by atoms with E-state index < -0.39 is 0 Å². The number of aromatic nitrogens is 4. The van der Waals surface area contributed by atoms with E-state index in [0.717, 1.165) is 11.5 Å². The summed E-state index contributed by atoms with van der Waals surface area (Å²) in [5.41, 5.74) is 2.58. The number of benzene rings is 1. The first-order chi connectivity index (χ1) is 13.5. The first kappa shape index (κ1) is 19.4. The van der Waals surface area contributed by atoms with Gasteiger partial charge in [0.15, 0.2) is 5.82 Å². The van der Waals surface area contributed by atoms with Crippen molar-refractivity contribution in [3.63, 3.8) is 0 Å². The van der Waals surface area contributed by atoms with E-state index in [1.54, 1.807) is 24.5 Å². The molecule has 0 unspecified atom stereocenters. The summed E-state index contributed by atoms with van der Waals surface area (Å²) in [6.45, 7) is 11.1. The topological polar surface area (TPSA) is 66.8 Å². The van der Waals surface area contributed by atoms with Crippen LogP contribution in [0.15, 0.2) is 49.3 Å². The number of nitrogens with one attached hydrogen (secondary N) is 1. The molecule has 0 bridgehead atoms. The standard InChI is InChI=1S/C21H23FN6/c1-5-28(13-25-19-12-14(2)26-16(4)27-19)15(3)17-8-6-9-18(22)20(17)21-23-10-7-11-24-21/h6-12H,3,5,13H2,1-2,4H3,(H,25,26,27). The van der Waals surface area contributed by atoms with E-state index in [0.29, 0.717) is 41.7 Å². The highest BCUT2D eigenvalue weighted by molar-refractivity contribution is 5.77. The van der Waals surface area contributed by atoms with Crippen molar-refractivity contribution in [2.75, 3.05) is 18.5 Å². The highest BCUT2D eigenvalue weighted by Crippen LogP contribution is 2.30. The Labute approximate surface area is 164 Å². The lowest BCUT2D eigenvalue weighted by Crippen LogP contribution is -2.28. The molecule has 0 atom stereocenters. The number of nitrogens with zero attached hydrogens (tertiary/aromatic N) is 5. The monoisotopic (exact) mass is 378 g/mol. The average molecular weight is 378 g/mol. The minimum absolute atomic E-state index is 0.336. The Bertz CT molecular complexity index is 954. The lowest BCUT2D eigenvalue weighted by Gasteiger charge is -2.27. The molecule has 7 heteroatoms. The fraction of sp³-hybridized carbons (Fsp3) is 0.238. The normalized spacial score (nSPS) is 10.6. The zero-order valence-electron chi connectivity index (χ0n) is 16.3. The second kappa shape index (κ2) is 8.56. The van der Waals surface area contributed by atoms with E-state index >= 15 is 0 Å². The number of aryl methyl sites for hydroxylation is 2. The van der Waals surface area contributed by atoms with Crippen molar-refractivity contribution in [1.29, 1.82) is 0 Å². The lowest BCUT2D eigenvalue weighted by molar-refractivity contribution is 0.448. The summed E-state index contributed by atoms with van der Waals surface area (Å²) in [4.78, 5) is 19.1. The Balaban J connectivity index is 1.86. The molecule has 0 spiro atoms. The largest absolute Gasteiger partial charge is 0.354 e. The Morgan fingerprint density at radius 1 is 1.14 bits per heavy atom. The molecule has 28 heavy (non-hydrogen) atoms. The van der Waals surface area contributed by atoms with Gasteiger partial charge in [-0.15, -0.1) is 0 Å². The SMILES string of the molecule is C=C(c1cccc(F)c1-c1ncccn1)N(CC)CNc1cc(C)nc(C)n1. The summed E-state index contributed by atoms with van der Waals surface area (Å²) < 4.78 is 14.6. The molecule has 144 valence electrons. The van der Waals surface area contributed by atoms with Crippen LogP contribution in [-0.2, 0) is 0 Å². The molecular formula is C21H23FN6. The van der Waals surface area contributed by atoms with Crippen molar-refractivity contribution >= 4 is 11.5 Å². The minimum atomic E-state index is -0.379. The number of halogens is 1. The van der Waals surface area contributed by atoms with Crippen LogP contribution in [0.2, 0.25) is 0 Å². The Morgan fingerprint density at radius 2 is 1.89 bits per heavy atom. The average Bonchev–Trinajstić information content (AvgIpc) is 2.68. The van der Waals surface area contributed by atoms with Crippen molar-refractivity contribution < 1.29 is 4.39 Å². The molecule has 2 heterocycles. The lowest BCUT2D eigenvalue weighted by atomic mass is 10.0. The Kier molecular flexibility index (Phi) is 5.93. The van der Waals surface area contributed by atoms with Gasteiger partial charge in [-0.3, -0.25) is 0 Å². The molecule has 0 aliphatic carbocycles. The molecule has 6 nitrogen and oxygen atoms in total. The van der Waals surface area contributed by atoms with Gasteiger partial charge in [-0.25, -0.2) is 24.3 Å². The summed E-state index contributed by atoms with van der Waals surface area (Å²) in [7, 11) is 0. The van der Waals surface area contributed by atoms with Gasteiger partial charge in [-0.2, -0.15) is 0 Å². The molecule has 1 aromatic carbocycles. The van der Waals surface area contributed by atoms with Gasteiger partial charge >= 0.3 is 0 Å². The smallest absolute Gasteiger partial charge is 0.162 e. The van der Waals surface area contributed by atoms with E-state index in [2.05, 4.69) is 31.8 Å². The van der Waals surface area contributed by atoms with Crippen LogP contribution in [0.3, 0.4) is 0 Å². The second-order valence-electron chi connectivity index (χ2n) is 6.31. The molecule has 0 fully saturated rings. The van der Waals surface area contributed by atoms with E-state index in [-0.39, 0.29) is 5.82 Å². The number of hydrogen-bond donors (Lipinski definition) is 1. The molecule has 0 saturated carbocycles. The van der Waals surface area contributed by atoms with Crippen LogP contribution < -0.4 is 5.32 Å². The van der Waals surface area contributed by atoms with Gasteiger partial charge in [-0.1, -0.05) is 18.7 Å². The summed E-state index contributed by atoms with van der Waals surface area (Å²) in [5.74, 6) is 1.40. The number of rotatable bonds is 7. The van der Waals surface area contributed by atoms with Gasteiger partial charge < -0.3 is 10.2 Å². The molecule has 0 saturated heterocycles. The Hall–Kier alpha value is -3.35. The fourth-order valence-corrected chi connectivity index (χ4v) is 2.97. The van der Waals surface area contributed by atoms with Crippen molar-refractivity contribution in [1.82, 2.24) is 24.8 Å². The molecule has 3 aromatic rings. The van der Waals surface area contributed by atoms with Gasteiger partial charge in [0.1, 0.15) is 17.5 Å². The third-order valence-corrected chi connectivity index (χ3v) is 4.29. The molecule has 0 radical (unpaired) electrons. The van der Waals surface area contributed by atoms with Gasteiger partial charge in [0, 0.05) is 42.0 Å². The maximum atomic E-state index is 14.6. The zero-order chi connectivity index (χ0) is 20.1. The first-order valence-electron chi connectivity index (χ1n) is 9.06. The minimum Gasteiger partial charge on any atom is -0.354 e. The zero-order valence-corrected chi connectivity index (χ0v) is 16.3. The fourth-order valence-electron chi connectivity index (χ4n) is 2.97. The highest BCUT2D eigenvalue weighted by Gasteiger charge is 2.18. The van der Waals surface area contributed by atoms with Crippen LogP contribution in [0, 0.1) is 19.7 Å². The van der Waals surface area contributed by atoms with E-state index in [1.807, 2.05) is 37.8 Å². The van der Waals surface area contributed by atoms with E-state index in [9.17, 15) is 4.39 Å². The molecule has 0 amide bonds. The quantitative estimate of drug-likeness (QED) is 0.626. The third kappa shape index (κ3) is 4.31. The van der Waals surface area contributed by atoms with Crippen molar-refractivity contribution in [3.05, 3.63) is 72.2 Å². The third-order valence-electron chi connectivity index (χ3n) is 4.29.